The number of fused-ring (bicyclic) bond motifs is 1. The van der Waals surface area contributed by atoms with Crippen LogP contribution in [0.5, 0.6) is 5.75 Å². The van der Waals surface area contributed by atoms with Gasteiger partial charge in [-0.15, -0.1) is 0 Å². The number of rotatable bonds is 2. The van der Waals surface area contributed by atoms with Crippen molar-refractivity contribution in [2.75, 3.05) is 0 Å². The normalized spacial score (nSPS) is 11.0. The van der Waals surface area contributed by atoms with Crippen molar-refractivity contribution in [1.29, 1.82) is 0 Å². The summed E-state index contributed by atoms with van der Waals surface area (Å²) < 4.78 is 1.72. The van der Waals surface area contributed by atoms with Gasteiger partial charge in [0.25, 0.3) is 0 Å². The number of nitrogens with zero attached hydrogens (tertiary/aromatic N) is 1. The van der Waals surface area contributed by atoms with Gasteiger partial charge in [0.1, 0.15) is 5.75 Å². The third-order valence-electron chi connectivity index (χ3n) is 3.27. The van der Waals surface area contributed by atoms with Crippen LogP contribution in [-0.4, -0.2) is 14.7 Å². The average molecular weight is 254 g/mol. The highest BCUT2D eigenvalue weighted by Gasteiger charge is 2.09. The summed E-state index contributed by atoms with van der Waals surface area (Å²) in [7, 11) is 0. The summed E-state index contributed by atoms with van der Waals surface area (Å²) >= 11 is 0. The molecule has 0 unspecified atom stereocenters. The first-order chi connectivity index (χ1) is 9.15. The number of aromatic nitrogens is 2. The average Bonchev–Trinajstić information content (AvgIpc) is 2.70. The van der Waals surface area contributed by atoms with Crippen LogP contribution in [0.2, 0.25) is 0 Å². The molecule has 0 atom stereocenters. The van der Waals surface area contributed by atoms with Crippen LogP contribution in [0, 0.1) is 6.92 Å². The highest BCUT2D eigenvalue weighted by atomic mass is 16.3. The zero-order valence-corrected chi connectivity index (χ0v) is 10.6. The summed E-state index contributed by atoms with van der Waals surface area (Å²) in [6.07, 6.45) is 0. The molecule has 0 saturated heterocycles. The summed E-state index contributed by atoms with van der Waals surface area (Å²) in [5.41, 5.74) is 3.71. The van der Waals surface area contributed by atoms with Crippen molar-refractivity contribution < 1.29 is 5.11 Å². The van der Waals surface area contributed by atoms with Gasteiger partial charge in [0.2, 0.25) is 0 Å². The van der Waals surface area contributed by atoms with E-state index in [2.05, 4.69) is 4.98 Å². The maximum absolute atomic E-state index is 12.0. The molecule has 0 aliphatic rings. The molecule has 2 aromatic carbocycles. The number of aromatic amines is 1. The van der Waals surface area contributed by atoms with E-state index in [1.165, 1.54) is 0 Å². The second kappa shape index (κ2) is 4.31. The Kier molecular flexibility index (Phi) is 2.63. The van der Waals surface area contributed by atoms with Crippen molar-refractivity contribution in [2.24, 2.45) is 0 Å². The smallest absolute Gasteiger partial charge is 0.326 e. The van der Waals surface area contributed by atoms with Crippen molar-refractivity contribution in [1.82, 2.24) is 9.55 Å². The van der Waals surface area contributed by atoms with E-state index in [0.29, 0.717) is 6.54 Å². The first-order valence-electron chi connectivity index (χ1n) is 6.11. The van der Waals surface area contributed by atoms with E-state index in [4.69, 9.17) is 0 Å². The lowest BCUT2D eigenvalue weighted by molar-refractivity contribution is 0.475. The molecule has 0 saturated carbocycles. The Morgan fingerprint density at radius 1 is 1.16 bits per heavy atom. The molecule has 0 fully saturated rings. The number of para-hydroxylation sites is 1. The van der Waals surface area contributed by atoms with E-state index >= 15 is 0 Å². The summed E-state index contributed by atoms with van der Waals surface area (Å²) in [6.45, 7) is 2.48. The standard InChI is InChI=1S/C15H14N2O2/c1-10-3-2-4-13-14(10)17(15(19)16-13)9-11-5-7-12(18)8-6-11/h2-8,18H,9H2,1H3,(H,16,19). The zero-order chi connectivity index (χ0) is 13.4. The number of benzene rings is 2. The fraction of sp³-hybridized carbons (Fsp3) is 0.133. The summed E-state index contributed by atoms with van der Waals surface area (Å²) in [5.74, 6) is 0.228. The van der Waals surface area contributed by atoms with Crippen LogP contribution in [0.1, 0.15) is 11.1 Å². The van der Waals surface area contributed by atoms with Crippen molar-refractivity contribution >= 4 is 11.0 Å². The molecule has 0 bridgehead atoms. The van der Waals surface area contributed by atoms with E-state index in [1.807, 2.05) is 37.3 Å². The molecule has 1 heterocycles. The Morgan fingerprint density at radius 2 is 1.89 bits per heavy atom. The van der Waals surface area contributed by atoms with Gasteiger partial charge in [-0.2, -0.15) is 0 Å². The Balaban J connectivity index is 2.12. The molecular weight excluding hydrogens is 240 g/mol. The lowest BCUT2D eigenvalue weighted by atomic mass is 10.2. The lowest BCUT2D eigenvalue weighted by Crippen LogP contribution is -2.17. The minimum atomic E-state index is -0.114. The predicted molar refractivity (Wildman–Crippen MR) is 74.5 cm³/mol. The molecule has 96 valence electrons. The maximum Gasteiger partial charge on any atom is 0.326 e. The minimum Gasteiger partial charge on any atom is -0.508 e. The Hall–Kier alpha value is -2.49. The molecule has 0 aliphatic carbocycles. The van der Waals surface area contributed by atoms with Gasteiger partial charge in [-0.05, 0) is 36.2 Å². The number of phenols is 1. The zero-order valence-electron chi connectivity index (χ0n) is 10.6. The van der Waals surface area contributed by atoms with Gasteiger partial charge >= 0.3 is 5.69 Å². The largest absolute Gasteiger partial charge is 0.508 e. The second-order valence-electron chi connectivity index (χ2n) is 4.65. The van der Waals surface area contributed by atoms with Crippen LogP contribution in [0.25, 0.3) is 11.0 Å². The fourth-order valence-corrected chi connectivity index (χ4v) is 2.34. The number of imidazole rings is 1. The molecule has 3 rings (SSSR count). The van der Waals surface area contributed by atoms with Crippen LogP contribution in [0.15, 0.2) is 47.3 Å². The number of hydrogen-bond acceptors (Lipinski definition) is 2. The Morgan fingerprint density at radius 3 is 2.63 bits per heavy atom. The number of nitrogens with one attached hydrogen (secondary N) is 1. The number of hydrogen-bond donors (Lipinski definition) is 2. The molecule has 3 aromatic rings. The summed E-state index contributed by atoms with van der Waals surface area (Å²) in [4.78, 5) is 14.9. The van der Waals surface area contributed by atoms with E-state index in [-0.39, 0.29) is 11.4 Å². The minimum absolute atomic E-state index is 0.114. The van der Waals surface area contributed by atoms with Gasteiger partial charge in [-0.1, -0.05) is 24.3 Å². The van der Waals surface area contributed by atoms with Crippen LogP contribution in [0.3, 0.4) is 0 Å². The third kappa shape index (κ3) is 2.01. The molecule has 0 aliphatic heterocycles. The topological polar surface area (TPSA) is 58.0 Å². The lowest BCUT2D eigenvalue weighted by Gasteiger charge is -2.05. The monoisotopic (exact) mass is 254 g/mol. The van der Waals surface area contributed by atoms with Gasteiger partial charge in [0, 0.05) is 0 Å². The molecular formula is C15H14N2O2. The Labute approximate surface area is 109 Å². The SMILES string of the molecule is Cc1cccc2[nH]c(=O)n(Cc3ccc(O)cc3)c12. The van der Waals surface area contributed by atoms with Crippen molar-refractivity contribution in [3.63, 3.8) is 0 Å². The highest BCUT2D eigenvalue weighted by molar-refractivity contribution is 5.78. The van der Waals surface area contributed by atoms with E-state index in [0.717, 1.165) is 22.2 Å². The van der Waals surface area contributed by atoms with E-state index < -0.39 is 0 Å². The third-order valence-corrected chi connectivity index (χ3v) is 3.27. The Bertz CT molecular complexity index is 782. The first-order valence-corrected chi connectivity index (χ1v) is 6.11. The number of aryl methyl sites for hydroxylation is 1. The van der Waals surface area contributed by atoms with Crippen LogP contribution in [0.4, 0.5) is 0 Å². The van der Waals surface area contributed by atoms with Crippen molar-refractivity contribution in [2.45, 2.75) is 13.5 Å². The van der Waals surface area contributed by atoms with Crippen molar-refractivity contribution in [3.05, 3.63) is 64.1 Å². The molecule has 19 heavy (non-hydrogen) atoms. The summed E-state index contributed by atoms with van der Waals surface area (Å²) in [5, 5.41) is 9.28. The predicted octanol–water partition coefficient (Wildman–Crippen LogP) is 2.39. The maximum atomic E-state index is 12.0. The first kappa shape index (κ1) is 11.6. The molecule has 0 spiro atoms. The van der Waals surface area contributed by atoms with Gasteiger partial charge < -0.3 is 10.1 Å². The van der Waals surface area contributed by atoms with E-state index in [1.54, 1.807) is 16.7 Å². The van der Waals surface area contributed by atoms with Crippen LogP contribution >= 0.6 is 0 Å². The number of phenolic OH excluding ortho intramolecular Hbond substituents is 1. The summed E-state index contributed by atoms with van der Waals surface area (Å²) in [6, 6.07) is 12.7. The van der Waals surface area contributed by atoms with Crippen LogP contribution in [-0.2, 0) is 6.54 Å². The quantitative estimate of drug-likeness (QED) is 0.737. The van der Waals surface area contributed by atoms with Gasteiger partial charge in [0.05, 0.1) is 17.6 Å². The molecule has 4 nitrogen and oxygen atoms in total. The molecule has 0 amide bonds. The van der Waals surface area contributed by atoms with E-state index in [9.17, 15) is 9.90 Å². The fourth-order valence-electron chi connectivity index (χ4n) is 2.34. The second-order valence-corrected chi connectivity index (χ2v) is 4.65. The van der Waals surface area contributed by atoms with Crippen molar-refractivity contribution in [3.8, 4) is 5.75 Å². The van der Waals surface area contributed by atoms with Crippen LogP contribution < -0.4 is 5.69 Å². The van der Waals surface area contributed by atoms with Gasteiger partial charge in [-0.25, -0.2) is 4.79 Å². The highest BCUT2D eigenvalue weighted by Crippen LogP contribution is 2.17. The number of aromatic hydroxyl groups is 1. The van der Waals surface area contributed by atoms with Gasteiger partial charge in [0.15, 0.2) is 0 Å². The molecule has 1 aromatic heterocycles. The molecule has 2 N–H and O–H groups in total. The van der Waals surface area contributed by atoms with Gasteiger partial charge in [-0.3, -0.25) is 4.57 Å². The molecule has 4 heteroatoms. The number of H-pyrrole nitrogens is 1. The molecule has 0 radical (unpaired) electrons.